The minimum atomic E-state index is -0.450. The van der Waals surface area contributed by atoms with E-state index in [0.717, 1.165) is 0 Å². The Labute approximate surface area is 179 Å². The number of anilines is 2. The lowest BCUT2D eigenvalue weighted by molar-refractivity contribution is -0.117. The molecule has 0 aliphatic rings. The molecule has 2 aromatic carbocycles. The van der Waals surface area contributed by atoms with Gasteiger partial charge in [0, 0.05) is 11.8 Å². The van der Waals surface area contributed by atoms with Crippen molar-refractivity contribution < 1.29 is 23.8 Å². The lowest BCUT2D eigenvalue weighted by Gasteiger charge is -2.11. The number of rotatable bonds is 8. The maximum absolute atomic E-state index is 12.6. The molecule has 0 bridgehead atoms. The van der Waals surface area contributed by atoms with E-state index in [1.54, 1.807) is 49.4 Å². The van der Waals surface area contributed by atoms with Crippen LogP contribution in [-0.2, 0) is 11.3 Å². The first-order valence-corrected chi connectivity index (χ1v) is 9.33. The second kappa shape index (κ2) is 9.61. The minimum absolute atomic E-state index is 0.116. The van der Waals surface area contributed by atoms with Gasteiger partial charge in [0.2, 0.25) is 5.91 Å². The van der Waals surface area contributed by atoms with Gasteiger partial charge in [0.1, 0.15) is 12.3 Å². The van der Waals surface area contributed by atoms with Crippen molar-refractivity contribution in [1.82, 2.24) is 15.0 Å². The molecule has 0 unspecified atom stereocenters. The summed E-state index contributed by atoms with van der Waals surface area (Å²) in [5.41, 5.74) is 1.62. The zero-order chi connectivity index (χ0) is 22.4. The van der Waals surface area contributed by atoms with E-state index in [2.05, 4.69) is 20.9 Å². The third-order valence-electron chi connectivity index (χ3n) is 4.51. The maximum atomic E-state index is 12.6. The molecule has 0 atom stereocenters. The molecule has 162 valence electrons. The topological polar surface area (TPSA) is 117 Å². The van der Waals surface area contributed by atoms with Crippen LogP contribution in [-0.4, -0.2) is 48.1 Å². The van der Waals surface area contributed by atoms with Crippen LogP contribution in [0.4, 0.5) is 11.4 Å². The number of hydrogen-bond acceptors (Lipinski definition) is 7. The summed E-state index contributed by atoms with van der Waals surface area (Å²) in [6.45, 7) is 1.55. The van der Waals surface area contributed by atoms with Gasteiger partial charge in [0.15, 0.2) is 17.2 Å². The fourth-order valence-corrected chi connectivity index (χ4v) is 2.90. The summed E-state index contributed by atoms with van der Waals surface area (Å²) in [4.78, 5) is 25.1. The number of amides is 2. The molecular weight excluding hydrogens is 402 g/mol. The van der Waals surface area contributed by atoms with E-state index >= 15 is 0 Å². The van der Waals surface area contributed by atoms with Crippen LogP contribution in [0.2, 0.25) is 0 Å². The summed E-state index contributed by atoms with van der Waals surface area (Å²) in [5.74, 6) is 0.784. The molecule has 0 saturated carbocycles. The van der Waals surface area contributed by atoms with Gasteiger partial charge in [-0.1, -0.05) is 17.3 Å². The van der Waals surface area contributed by atoms with Crippen LogP contribution in [0.15, 0.2) is 42.5 Å². The molecule has 0 fully saturated rings. The second-order valence-corrected chi connectivity index (χ2v) is 6.45. The lowest BCUT2D eigenvalue weighted by Crippen LogP contribution is -2.21. The van der Waals surface area contributed by atoms with Gasteiger partial charge in [-0.15, -0.1) is 5.10 Å². The van der Waals surface area contributed by atoms with Gasteiger partial charge in [0.25, 0.3) is 5.91 Å². The Morgan fingerprint density at radius 3 is 2.35 bits per heavy atom. The average Bonchev–Trinajstić information content (AvgIpc) is 3.13. The first kappa shape index (κ1) is 21.6. The van der Waals surface area contributed by atoms with Crippen molar-refractivity contribution in [3.05, 3.63) is 53.9 Å². The predicted octanol–water partition coefficient (Wildman–Crippen LogP) is 2.50. The van der Waals surface area contributed by atoms with Gasteiger partial charge < -0.3 is 24.8 Å². The third kappa shape index (κ3) is 4.92. The van der Waals surface area contributed by atoms with Crippen LogP contribution in [0, 0.1) is 6.92 Å². The number of ether oxygens (including phenoxy) is 3. The highest BCUT2D eigenvalue weighted by molar-refractivity contribution is 6.04. The second-order valence-electron chi connectivity index (χ2n) is 6.45. The maximum Gasteiger partial charge on any atom is 0.278 e. The number of benzene rings is 2. The summed E-state index contributed by atoms with van der Waals surface area (Å²) < 4.78 is 17.0. The Kier molecular flexibility index (Phi) is 6.71. The molecule has 10 nitrogen and oxygen atoms in total. The summed E-state index contributed by atoms with van der Waals surface area (Å²) in [6.07, 6.45) is 0. The summed E-state index contributed by atoms with van der Waals surface area (Å²) >= 11 is 0. The highest BCUT2D eigenvalue weighted by Gasteiger charge is 2.19. The van der Waals surface area contributed by atoms with E-state index in [1.807, 2.05) is 0 Å². The molecule has 0 spiro atoms. The predicted molar refractivity (Wildman–Crippen MR) is 114 cm³/mol. The SMILES string of the molecule is COc1ccccc1NC(=O)c1nnn(CC(=O)Nc2ccc(OC)c(OC)c2)c1C. The number of para-hydroxylation sites is 2. The third-order valence-corrected chi connectivity index (χ3v) is 4.51. The van der Waals surface area contributed by atoms with Gasteiger partial charge >= 0.3 is 0 Å². The van der Waals surface area contributed by atoms with Crippen molar-refractivity contribution in [2.75, 3.05) is 32.0 Å². The first-order valence-electron chi connectivity index (χ1n) is 9.33. The quantitative estimate of drug-likeness (QED) is 0.569. The lowest BCUT2D eigenvalue weighted by atomic mass is 10.2. The number of aromatic nitrogens is 3. The fraction of sp³-hybridized carbons (Fsp3) is 0.238. The number of hydrogen-bond donors (Lipinski definition) is 2. The molecule has 3 aromatic rings. The van der Waals surface area contributed by atoms with Crippen molar-refractivity contribution in [3.8, 4) is 17.2 Å². The zero-order valence-corrected chi connectivity index (χ0v) is 17.6. The summed E-state index contributed by atoms with van der Waals surface area (Å²) in [5, 5.41) is 13.4. The largest absolute Gasteiger partial charge is 0.495 e. The van der Waals surface area contributed by atoms with E-state index in [1.165, 1.54) is 26.0 Å². The Morgan fingerprint density at radius 1 is 0.935 bits per heavy atom. The molecule has 0 aliphatic heterocycles. The van der Waals surface area contributed by atoms with Gasteiger partial charge in [-0.2, -0.15) is 0 Å². The van der Waals surface area contributed by atoms with Crippen molar-refractivity contribution in [2.24, 2.45) is 0 Å². The molecule has 0 radical (unpaired) electrons. The average molecular weight is 425 g/mol. The van der Waals surface area contributed by atoms with E-state index < -0.39 is 5.91 Å². The standard InChI is InChI=1S/C21H23N5O5/c1-13-20(21(28)23-15-7-5-6-8-16(15)29-2)24-25-26(13)12-19(27)22-14-9-10-17(30-3)18(11-14)31-4/h5-11H,12H2,1-4H3,(H,22,27)(H,23,28). The highest BCUT2D eigenvalue weighted by Crippen LogP contribution is 2.29. The van der Waals surface area contributed by atoms with Crippen LogP contribution in [0.3, 0.4) is 0 Å². The molecule has 1 heterocycles. The van der Waals surface area contributed by atoms with Crippen LogP contribution in [0.1, 0.15) is 16.2 Å². The van der Waals surface area contributed by atoms with E-state index in [4.69, 9.17) is 14.2 Å². The van der Waals surface area contributed by atoms with Gasteiger partial charge in [-0.3, -0.25) is 9.59 Å². The van der Waals surface area contributed by atoms with Crippen LogP contribution >= 0.6 is 0 Å². The fourth-order valence-electron chi connectivity index (χ4n) is 2.90. The zero-order valence-electron chi connectivity index (χ0n) is 17.6. The molecule has 10 heteroatoms. The molecule has 2 N–H and O–H groups in total. The molecule has 31 heavy (non-hydrogen) atoms. The number of carbonyl (C=O) groups excluding carboxylic acids is 2. The number of nitrogens with zero attached hydrogens (tertiary/aromatic N) is 3. The molecular formula is C21H23N5O5. The van der Waals surface area contributed by atoms with E-state index in [0.29, 0.717) is 34.3 Å². The van der Waals surface area contributed by atoms with Crippen molar-refractivity contribution in [1.29, 1.82) is 0 Å². The van der Waals surface area contributed by atoms with Crippen molar-refractivity contribution >= 4 is 23.2 Å². The highest BCUT2D eigenvalue weighted by atomic mass is 16.5. The first-order chi connectivity index (χ1) is 15.0. The monoisotopic (exact) mass is 425 g/mol. The Hall–Kier alpha value is -4.08. The number of methoxy groups -OCH3 is 3. The summed E-state index contributed by atoms with van der Waals surface area (Å²) in [7, 11) is 4.56. The molecule has 2 amide bonds. The normalized spacial score (nSPS) is 10.3. The molecule has 3 rings (SSSR count). The molecule has 0 saturated heterocycles. The van der Waals surface area contributed by atoms with Crippen molar-refractivity contribution in [3.63, 3.8) is 0 Å². The van der Waals surface area contributed by atoms with Gasteiger partial charge in [-0.05, 0) is 31.2 Å². The van der Waals surface area contributed by atoms with E-state index in [-0.39, 0.29) is 18.1 Å². The van der Waals surface area contributed by atoms with Crippen molar-refractivity contribution in [2.45, 2.75) is 13.5 Å². The number of nitrogens with one attached hydrogen (secondary N) is 2. The van der Waals surface area contributed by atoms with Crippen LogP contribution in [0.25, 0.3) is 0 Å². The smallest absolute Gasteiger partial charge is 0.278 e. The Balaban J connectivity index is 1.68. The summed E-state index contributed by atoms with van der Waals surface area (Å²) in [6, 6.07) is 12.1. The van der Waals surface area contributed by atoms with Gasteiger partial charge in [0.05, 0.1) is 32.7 Å². The van der Waals surface area contributed by atoms with E-state index in [9.17, 15) is 9.59 Å². The Morgan fingerprint density at radius 2 is 1.65 bits per heavy atom. The van der Waals surface area contributed by atoms with Crippen LogP contribution in [0.5, 0.6) is 17.2 Å². The van der Waals surface area contributed by atoms with Gasteiger partial charge in [-0.25, -0.2) is 4.68 Å². The minimum Gasteiger partial charge on any atom is -0.495 e. The number of carbonyl (C=O) groups is 2. The Bertz CT molecular complexity index is 1100. The van der Waals surface area contributed by atoms with Crippen LogP contribution < -0.4 is 24.8 Å². The molecule has 0 aliphatic carbocycles. The molecule has 1 aromatic heterocycles.